The Morgan fingerprint density at radius 2 is 0.697 bits per heavy atom. The van der Waals surface area contributed by atoms with Crippen LogP contribution >= 0.6 is 30.3 Å². The first-order valence-electron chi connectivity index (χ1n) is 39.8. The first-order valence-corrected chi connectivity index (χ1v) is 46.0. The van der Waals surface area contributed by atoms with Crippen LogP contribution in [0.25, 0.3) is 0 Å². The number of carbonyl (C=O) groups is 7. The molecule has 0 fully saturated rings. The fourth-order valence-corrected chi connectivity index (χ4v) is 22.7. The summed E-state index contributed by atoms with van der Waals surface area (Å²) in [6.45, 7) is 21.3. The maximum Gasteiger partial charge on any atom is 0.460 e. The van der Waals surface area contributed by atoms with Crippen molar-refractivity contribution < 1.29 is 74.5 Å². The van der Waals surface area contributed by atoms with Crippen molar-refractivity contribution in [1.82, 2.24) is 0 Å². The minimum atomic E-state index is -4.69. The molecule has 0 saturated carbocycles. The third kappa shape index (κ3) is 26.3. The lowest BCUT2D eigenvalue weighted by molar-refractivity contribution is -0.149. The Hall–Kier alpha value is -11.3. The first kappa shape index (κ1) is 90.0. The topological polar surface area (TPSA) is 320 Å². The van der Waals surface area contributed by atoms with Gasteiger partial charge in [0, 0.05) is 86.3 Å². The van der Waals surface area contributed by atoms with E-state index in [2.05, 4.69) is 56.2 Å². The van der Waals surface area contributed by atoms with Gasteiger partial charge in [-0.3, -0.25) is 38.1 Å². The first-order chi connectivity index (χ1) is 57.0. The van der Waals surface area contributed by atoms with Gasteiger partial charge in [-0.1, -0.05) is 182 Å². The van der Waals surface area contributed by atoms with Gasteiger partial charge >= 0.3 is 28.9 Å². The molecule has 0 spiro atoms. The van der Waals surface area contributed by atoms with E-state index in [-0.39, 0.29) is 119 Å². The Labute approximate surface area is 697 Å². The zero-order valence-electron chi connectivity index (χ0n) is 68.9. The number of rotatable bonds is 40. The lowest BCUT2D eigenvalue weighted by Crippen LogP contribution is -2.23. The van der Waals surface area contributed by atoms with Gasteiger partial charge < -0.3 is 68.3 Å². The van der Waals surface area contributed by atoms with Crippen molar-refractivity contribution in [3.05, 3.63) is 254 Å². The van der Waals surface area contributed by atoms with Gasteiger partial charge in [-0.2, -0.15) is 0 Å². The summed E-state index contributed by atoms with van der Waals surface area (Å²) in [4.78, 5) is 93.7. The van der Waals surface area contributed by atoms with E-state index in [1.165, 1.54) is 0 Å². The number of anilines is 6. The fraction of sp³-hybridized carbons (Fsp3) is 0.300. The zero-order valence-corrected chi connectivity index (χ0v) is 72.5. The van der Waals surface area contributed by atoms with Gasteiger partial charge in [0.25, 0.3) is 7.37 Å². The summed E-state index contributed by atoms with van der Waals surface area (Å²) in [6, 6.07) is 66.8. The third-order valence-electron chi connectivity index (χ3n) is 18.6. The number of esters is 1. The monoisotopic (exact) mass is 1690 g/mol. The lowest BCUT2D eigenvalue weighted by atomic mass is 9.85. The average molecular weight is 1690 g/mol. The molecule has 626 valence electrons. The Morgan fingerprint density at radius 3 is 1.04 bits per heavy atom. The predicted molar refractivity (Wildman–Crippen MR) is 473 cm³/mol. The number of amides is 6. The number of nitrogens with one attached hydrogen (secondary N) is 6. The number of ether oxygens (including phenoxy) is 1. The molecule has 25 nitrogen and oxygen atoms in total. The fourth-order valence-electron chi connectivity index (χ4n) is 11.6. The van der Waals surface area contributed by atoms with E-state index >= 15 is 0 Å². The molecule has 5 atom stereocenters. The minimum absolute atomic E-state index is 0.0354. The van der Waals surface area contributed by atoms with Gasteiger partial charge in [-0.05, 0) is 201 Å². The van der Waals surface area contributed by atoms with E-state index in [4.69, 9.17) is 49.9 Å². The SMILES string of the molecule is CCC(CC(C/C=C/CCC(C)C(=O)Nc1ccc(OP2(Oc3ccc(NC(=O)C(C)C)cc3)=NP(Oc3ccc(NC(=O)C(C)C)cc3)(Oc3ccc(NC(=O)C(C)C)cc3)=NP(Oc3ccc(NC(=O)C(C)C)cc3)(Oc3cccc(NC(=O)C(C)C)c3)=N2)cc1)c1ccccc1)C(=O)OCCOP(=O)(c1ccccc1)c1ccccc1. The molecule has 119 heavy (non-hydrogen) atoms. The van der Waals surface area contributed by atoms with Gasteiger partial charge in [0.15, 0.2) is 0 Å². The molecule has 1 aliphatic rings. The summed E-state index contributed by atoms with van der Waals surface area (Å²) < 4.78 is 85.6. The van der Waals surface area contributed by atoms with Crippen LogP contribution in [-0.4, -0.2) is 54.6 Å². The second kappa shape index (κ2) is 42.4. The molecular formula is C90H105N9O16P4. The average Bonchev–Trinajstić information content (AvgIpc) is 0.728. The summed E-state index contributed by atoms with van der Waals surface area (Å²) in [5, 5.41) is 18.7. The smallest absolute Gasteiger partial charge is 0.460 e. The molecule has 0 aliphatic carbocycles. The van der Waals surface area contributed by atoms with Crippen molar-refractivity contribution in [2.75, 3.05) is 45.1 Å². The molecule has 1 aliphatic heterocycles. The van der Waals surface area contributed by atoms with Crippen molar-refractivity contribution >= 4 is 116 Å². The molecule has 0 bridgehead atoms. The normalized spacial score (nSPS) is 15.7. The molecule has 29 heteroatoms. The third-order valence-corrected chi connectivity index (χ3v) is 29.2. The van der Waals surface area contributed by atoms with E-state index < -0.39 is 48.1 Å². The van der Waals surface area contributed by atoms with Gasteiger partial charge in [0.05, 0.1) is 12.5 Å². The quantitative estimate of drug-likeness (QED) is 0.00899. The molecule has 6 amide bonds. The predicted octanol–water partition coefficient (Wildman–Crippen LogP) is 22.3. The Kier molecular flexibility index (Phi) is 32.1. The highest BCUT2D eigenvalue weighted by molar-refractivity contribution is 7.79. The summed E-state index contributed by atoms with van der Waals surface area (Å²) in [6.07, 6.45) is 6.88. The number of benzene rings is 9. The summed E-state index contributed by atoms with van der Waals surface area (Å²) in [5.74, 6) is -4.00. The standard InChI is InChI=1S/C90H105N9O16P4/c1-13-67(90(106)108-57-58-109-116(107,82-33-22-16-23-34-82)83-35-24-17-25-36-83)59-69(68-28-19-15-20-29-68)30-21-14-18-27-66(12)89(105)95-74-45-55-79(56-46-74)113-118(112-78-51-41-72(42-52-78)93-86(102)63(6)7)97-117(110-76-47-37-70(38-48-76)91-84(100)61(2)3,111-77-49-39-71(40-50-77)92-85(101)62(4)5)98-119(99-118,114-80-53-43-73(44-54-80)94-87(103)64(8)9)115-81-32-26-31-75(60-81)96-88(104)65(10)11/h14-17,19-26,28-29,31-56,60-67,69H,13,18,27,30,57-59H2,1-12H3,(H,91,100)(H,92,101)(H,93,102)(H,94,103)(H,95,105)(H,96,104)/b21-14+. The molecule has 0 radical (unpaired) electrons. The van der Waals surface area contributed by atoms with Crippen molar-refractivity contribution in [1.29, 1.82) is 0 Å². The van der Waals surface area contributed by atoms with Crippen molar-refractivity contribution in [2.45, 2.75) is 121 Å². The lowest BCUT2D eigenvalue weighted by Gasteiger charge is -2.33. The van der Waals surface area contributed by atoms with Crippen LogP contribution in [0.4, 0.5) is 34.1 Å². The second-order valence-electron chi connectivity index (χ2n) is 30.0. The maximum absolute atomic E-state index is 14.4. The molecule has 9 aromatic carbocycles. The number of allylic oxidation sites excluding steroid dienone is 2. The summed E-state index contributed by atoms with van der Waals surface area (Å²) >= 11 is 0. The second-order valence-corrected chi connectivity index (χ2v) is 38.6. The van der Waals surface area contributed by atoms with E-state index in [9.17, 15) is 38.1 Å². The molecule has 10 rings (SSSR count). The molecule has 0 saturated heterocycles. The Balaban J connectivity index is 0.985. The van der Waals surface area contributed by atoms with Crippen LogP contribution < -0.4 is 69.7 Å². The van der Waals surface area contributed by atoms with Gasteiger partial charge in [0.2, 0.25) is 35.4 Å². The number of hydrogen-bond acceptors (Lipinski definition) is 19. The number of nitrogens with zero attached hydrogens (tertiary/aromatic N) is 3. The highest BCUT2D eigenvalue weighted by Gasteiger charge is 2.49. The van der Waals surface area contributed by atoms with Crippen molar-refractivity contribution in [3.63, 3.8) is 0 Å². The highest BCUT2D eigenvalue weighted by Crippen LogP contribution is 2.79. The van der Waals surface area contributed by atoms with Crippen LogP contribution in [0.5, 0.6) is 34.5 Å². The Morgan fingerprint density at radius 1 is 0.370 bits per heavy atom. The highest BCUT2D eigenvalue weighted by atomic mass is 31.3. The summed E-state index contributed by atoms with van der Waals surface area (Å²) in [7, 11) is -17.5. The largest absolute Gasteiger partial charge is 0.463 e. The van der Waals surface area contributed by atoms with E-state index in [1.54, 1.807) is 239 Å². The number of carbonyl (C=O) groups excluding carboxylic acids is 7. The van der Waals surface area contributed by atoms with E-state index in [0.717, 1.165) is 5.56 Å². The molecule has 6 N–H and O–H groups in total. The molecule has 5 unspecified atom stereocenters. The molecule has 1 heterocycles. The van der Waals surface area contributed by atoms with Gasteiger partial charge in [-0.15, -0.1) is 0 Å². The molecular weight excluding hydrogens is 1590 g/mol. The van der Waals surface area contributed by atoms with Crippen LogP contribution in [-0.2, 0) is 47.4 Å². The van der Waals surface area contributed by atoms with Gasteiger partial charge in [0.1, 0.15) is 41.1 Å². The molecule has 9 aromatic rings. The van der Waals surface area contributed by atoms with Crippen LogP contribution in [0, 0.1) is 41.4 Å². The van der Waals surface area contributed by atoms with Gasteiger partial charge in [-0.25, -0.2) is 0 Å². The van der Waals surface area contributed by atoms with Crippen LogP contribution in [0.3, 0.4) is 0 Å². The maximum atomic E-state index is 14.4. The van der Waals surface area contributed by atoms with Crippen LogP contribution in [0.1, 0.15) is 127 Å². The van der Waals surface area contributed by atoms with Crippen molar-refractivity contribution in [2.24, 2.45) is 55.0 Å². The van der Waals surface area contributed by atoms with Crippen molar-refractivity contribution in [3.8, 4) is 34.5 Å². The van der Waals surface area contributed by atoms with Crippen LogP contribution in [0.15, 0.2) is 262 Å². The minimum Gasteiger partial charge on any atom is -0.463 e. The zero-order chi connectivity index (χ0) is 85.3. The molecule has 0 aromatic heterocycles. The number of hydrogen-bond donors (Lipinski definition) is 6. The summed E-state index contributed by atoms with van der Waals surface area (Å²) in [5.41, 5.74) is 3.57. The van der Waals surface area contributed by atoms with E-state index in [0.29, 0.717) is 76.8 Å². The van der Waals surface area contributed by atoms with Crippen LogP contribution in [0.2, 0.25) is 0 Å². The Bertz CT molecular complexity index is 5100. The van der Waals surface area contributed by atoms with E-state index in [1.807, 2.05) is 68.4 Å².